The Kier molecular flexibility index (Phi) is 6.36. The van der Waals surface area contributed by atoms with Crippen LogP contribution in [0.1, 0.15) is 56.6 Å². The minimum Gasteiger partial charge on any atom is -0.497 e. The van der Waals surface area contributed by atoms with E-state index in [1.54, 1.807) is 33.1 Å². The molecule has 0 spiro atoms. The number of Topliss-reactive ketones (excluding diaryl/α,β-unsaturated/α-hetero) is 1. The number of nitrogens with one attached hydrogen (secondary N) is 1. The molecule has 0 saturated carbocycles. The van der Waals surface area contributed by atoms with Crippen molar-refractivity contribution < 1.29 is 23.5 Å². The molecule has 0 aromatic heterocycles. The van der Waals surface area contributed by atoms with Crippen LogP contribution in [0.3, 0.4) is 0 Å². The van der Waals surface area contributed by atoms with Crippen LogP contribution in [0, 0.1) is 5.82 Å². The topological polar surface area (TPSA) is 64.6 Å². The monoisotopic (exact) mass is 449 g/mol. The van der Waals surface area contributed by atoms with E-state index in [2.05, 4.69) is 5.32 Å². The lowest BCUT2D eigenvalue weighted by Crippen LogP contribution is -2.36. The van der Waals surface area contributed by atoms with Gasteiger partial charge in [-0.05, 0) is 68.5 Å². The number of ether oxygens (including phenoxy) is 2. The SMILES string of the molecule is COc1ccc([C@H]2CC(=O)C3=C(C2)NC(C)=C(C(=O)OC(C)C)[C@H]3c2ccc(F)cc2)cc1. The van der Waals surface area contributed by atoms with Crippen LogP contribution in [0.5, 0.6) is 5.75 Å². The van der Waals surface area contributed by atoms with Gasteiger partial charge in [0.05, 0.1) is 18.8 Å². The van der Waals surface area contributed by atoms with Gasteiger partial charge in [0.2, 0.25) is 0 Å². The van der Waals surface area contributed by atoms with Gasteiger partial charge in [-0.1, -0.05) is 24.3 Å². The molecule has 1 aliphatic carbocycles. The molecule has 33 heavy (non-hydrogen) atoms. The van der Waals surface area contributed by atoms with Crippen molar-refractivity contribution in [3.8, 4) is 5.75 Å². The normalized spacial score (nSPS) is 20.5. The molecular weight excluding hydrogens is 421 g/mol. The van der Waals surface area contributed by atoms with Gasteiger partial charge in [0, 0.05) is 29.3 Å². The maximum atomic E-state index is 13.7. The third-order valence-electron chi connectivity index (χ3n) is 6.18. The Balaban J connectivity index is 1.76. The number of carbonyl (C=O) groups excluding carboxylic acids is 2. The first-order valence-corrected chi connectivity index (χ1v) is 11.1. The fourth-order valence-corrected chi connectivity index (χ4v) is 4.69. The van der Waals surface area contributed by atoms with Crippen LogP contribution in [0.2, 0.25) is 0 Å². The maximum Gasteiger partial charge on any atom is 0.337 e. The molecule has 2 aromatic carbocycles. The second-order valence-electron chi connectivity index (χ2n) is 8.80. The second-order valence-corrected chi connectivity index (χ2v) is 8.80. The molecular formula is C27H28FNO4. The van der Waals surface area contributed by atoms with Crippen LogP contribution in [0.4, 0.5) is 4.39 Å². The van der Waals surface area contributed by atoms with Crippen LogP contribution in [-0.4, -0.2) is 25.0 Å². The number of methoxy groups -OCH3 is 1. The van der Waals surface area contributed by atoms with Crippen LogP contribution < -0.4 is 10.1 Å². The first-order valence-electron chi connectivity index (χ1n) is 11.1. The fourth-order valence-electron chi connectivity index (χ4n) is 4.69. The number of carbonyl (C=O) groups is 2. The highest BCUT2D eigenvalue weighted by Crippen LogP contribution is 2.45. The minimum absolute atomic E-state index is 0.0143. The average molecular weight is 450 g/mol. The van der Waals surface area contributed by atoms with Crippen LogP contribution >= 0.6 is 0 Å². The Morgan fingerprint density at radius 2 is 1.67 bits per heavy atom. The van der Waals surface area contributed by atoms with Crippen molar-refractivity contribution in [2.24, 2.45) is 0 Å². The standard InChI is InChI=1S/C27H28FNO4/c1-15(2)33-27(31)24-16(3)29-22-13-19(17-7-11-21(32-4)12-8-17)14-23(30)26(22)25(24)18-5-9-20(28)10-6-18/h5-12,15,19,25,29H,13-14H2,1-4H3/t19-,25-/m1/s1. The van der Waals surface area contributed by atoms with Gasteiger partial charge in [0.25, 0.3) is 0 Å². The summed E-state index contributed by atoms with van der Waals surface area (Å²) in [5.41, 5.74) is 4.16. The van der Waals surface area contributed by atoms with Gasteiger partial charge in [0.1, 0.15) is 11.6 Å². The molecule has 2 aromatic rings. The van der Waals surface area contributed by atoms with E-state index in [9.17, 15) is 14.0 Å². The van der Waals surface area contributed by atoms with E-state index < -0.39 is 11.9 Å². The van der Waals surface area contributed by atoms with Gasteiger partial charge < -0.3 is 14.8 Å². The molecule has 172 valence electrons. The summed E-state index contributed by atoms with van der Waals surface area (Å²) < 4.78 is 24.4. The largest absolute Gasteiger partial charge is 0.497 e. The van der Waals surface area contributed by atoms with Crippen LogP contribution in [0.25, 0.3) is 0 Å². The van der Waals surface area contributed by atoms with Gasteiger partial charge in [0.15, 0.2) is 5.78 Å². The quantitative estimate of drug-likeness (QED) is 0.640. The zero-order chi connectivity index (χ0) is 23.7. The van der Waals surface area contributed by atoms with Crippen molar-refractivity contribution in [3.63, 3.8) is 0 Å². The lowest BCUT2D eigenvalue weighted by Gasteiger charge is -2.37. The molecule has 0 amide bonds. The molecule has 1 aliphatic heterocycles. The summed E-state index contributed by atoms with van der Waals surface area (Å²) >= 11 is 0. The van der Waals surface area contributed by atoms with Crippen molar-refractivity contribution in [2.45, 2.75) is 51.6 Å². The predicted octanol–water partition coefficient (Wildman–Crippen LogP) is 5.15. The van der Waals surface area contributed by atoms with Crippen molar-refractivity contribution >= 4 is 11.8 Å². The predicted molar refractivity (Wildman–Crippen MR) is 123 cm³/mol. The van der Waals surface area contributed by atoms with Gasteiger partial charge in [-0.25, -0.2) is 9.18 Å². The summed E-state index contributed by atoms with van der Waals surface area (Å²) in [5, 5.41) is 3.33. The summed E-state index contributed by atoms with van der Waals surface area (Å²) in [6, 6.07) is 13.7. The molecule has 0 bridgehead atoms. The Morgan fingerprint density at radius 3 is 2.27 bits per heavy atom. The highest BCUT2D eigenvalue weighted by molar-refractivity contribution is 6.04. The molecule has 5 nitrogen and oxygen atoms in total. The summed E-state index contributed by atoms with van der Waals surface area (Å²) in [6.07, 6.45) is 0.661. The third kappa shape index (κ3) is 4.56. The highest BCUT2D eigenvalue weighted by atomic mass is 19.1. The molecule has 4 rings (SSSR count). The van der Waals surface area contributed by atoms with E-state index in [1.165, 1.54) is 12.1 Å². The van der Waals surface area contributed by atoms with Gasteiger partial charge in [-0.3, -0.25) is 4.79 Å². The van der Waals surface area contributed by atoms with Gasteiger partial charge in [-0.15, -0.1) is 0 Å². The molecule has 6 heteroatoms. The molecule has 0 unspecified atom stereocenters. The lowest BCUT2D eigenvalue weighted by atomic mass is 9.71. The highest BCUT2D eigenvalue weighted by Gasteiger charge is 2.41. The van der Waals surface area contributed by atoms with E-state index in [0.717, 1.165) is 17.0 Å². The van der Waals surface area contributed by atoms with Gasteiger partial charge >= 0.3 is 5.97 Å². The number of allylic oxidation sites excluding steroid dienone is 3. The second kappa shape index (κ2) is 9.22. The number of esters is 1. The summed E-state index contributed by atoms with van der Waals surface area (Å²) in [5.74, 6) is -0.691. The molecule has 1 heterocycles. The van der Waals surface area contributed by atoms with E-state index in [1.807, 2.05) is 31.2 Å². The number of halogens is 1. The number of hydrogen-bond donors (Lipinski definition) is 1. The van der Waals surface area contributed by atoms with Crippen molar-refractivity contribution in [3.05, 3.63) is 88.0 Å². The Morgan fingerprint density at radius 1 is 1.03 bits per heavy atom. The number of ketones is 1. The molecule has 0 fully saturated rings. The smallest absolute Gasteiger partial charge is 0.337 e. The molecule has 2 aliphatic rings. The number of rotatable bonds is 5. The fraction of sp³-hybridized carbons (Fsp3) is 0.333. The van der Waals surface area contributed by atoms with Crippen molar-refractivity contribution in [2.75, 3.05) is 7.11 Å². The third-order valence-corrected chi connectivity index (χ3v) is 6.18. The Labute approximate surface area is 193 Å². The minimum atomic E-state index is -0.600. The van der Waals surface area contributed by atoms with Crippen molar-refractivity contribution in [1.82, 2.24) is 5.32 Å². The zero-order valence-corrected chi connectivity index (χ0v) is 19.3. The lowest BCUT2D eigenvalue weighted by molar-refractivity contribution is -0.143. The molecule has 1 N–H and O–H groups in total. The maximum absolute atomic E-state index is 13.7. The Bertz CT molecular complexity index is 1130. The number of hydrogen-bond acceptors (Lipinski definition) is 5. The van der Waals surface area contributed by atoms with Gasteiger partial charge in [-0.2, -0.15) is 0 Å². The van der Waals surface area contributed by atoms with E-state index >= 15 is 0 Å². The first kappa shape index (κ1) is 22.8. The summed E-state index contributed by atoms with van der Waals surface area (Å²) in [6.45, 7) is 5.39. The summed E-state index contributed by atoms with van der Waals surface area (Å²) in [7, 11) is 1.62. The van der Waals surface area contributed by atoms with Crippen LogP contribution in [-0.2, 0) is 14.3 Å². The molecule has 0 radical (unpaired) electrons. The number of dihydropyridines is 1. The Hall–Kier alpha value is -3.41. The van der Waals surface area contributed by atoms with Crippen molar-refractivity contribution in [1.29, 1.82) is 0 Å². The first-order chi connectivity index (χ1) is 15.8. The average Bonchev–Trinajstić information content (AvgIpc) is 2.78. The molecule has 0 saturated heterocycles. The molecule has 2 atom stereocenters. The van der Waals surface area contributed by atoms with E-state index in [0.29, 0.717) is 35.2 Å². The van der Waals surface area contributed by atoms with Crippen LogP contribution in [0.15, 0.2) is 71.1 Å². The number of benzene rings is 2. The van der Waals surface area contributed by atoms with E-state index in [-0.39, 0.29) is 23.6 Å². The summed E-state index contributed by atoms with van der Waals surface area (Å²) in [4.78, 5) is 26.6. The zero-order valence-electron chi connectivity index (χ0n) is 19.3. The van der Waals surface area contributed by atoms with E-state index in [4.69, 9.17) is 9.47 Å².